The van der Waals surface area contributed by atoms with Crippen molar-refractivity contribution >= 4 is 0 Å². The molecule has 1 nitrogen and oxygen atoms in total. The third-order valence-corrected chi connectivity index (χ3v) is 8.04. The van der Waals surface area contributed by atoms with E-state index < -0.39 is 0 Å². The summed E-state index contributed by atoms with van der Waals surface area (Å²) in [6.07, 6.45) is 13.8. The Kier molecular flexibility index (Phi) is 6.21. The highest BCUT2D eigenvalue weighted by atomic mass is 19.1. The molecule has 0 bridgehead atoms. The van der Waals surface area contributed by atoms with Crippen molar-refractivity contribution in [1.82, 2.24) is 0 Å². The van der Waals surface area contributed by atoms with Gasteiger partial charge in [0.25, 0.3) is 0 Å². The van der Waals surface area contributed by atoms with Crippen molar-refractivity contribution < 1.29 is 9.13 Å². The predicted molar refractivity (Wildman–Crippen MR) is 109 cm³/mol. The second-order valence-corrected chi connectivity index (χ2v) is 9.62. The van der Waals surface area contributed by atoms with Gasteiger partial charge in [-0.2, -0.15) is 0 Å². The van der Waals surface area contributed by atoms with Crippen LogP contribution in [-0.2, 0) is 4.74 Å². The Balaban J connectivity index is 1.31. The molecule has 3 fully saturated rings. The zero-order valence-corrected chi connectivity index (χ0v) is 17.3. The van der Waals surface area contributed by atoms with E-state index in [4.69, 9.17) is 4.74 Å². The minimum Gasteiger partial charge on any atom is -0.379 e. The van der Waals surface area contributed by atoms with Gasteiger partial charge in [-0.15, -0.1) is 0 Å². The van der Waals surface area contributed by atoms with Gasteiger partial charge in [-0.25, -0.2) is 4.39 Å². The molecule has 0 heterocycles. The molecule has 0 radical (unpaired) electrons. The molecular weight excluding hydrogens is 335 g/mol. The summed E-state index contributed by atoms with van der Waals surface area (Å²) in [7, 11) is 0. The van der Waals surface area contributed by atoms with Gasteiger partial charge in [-0.05, 0) is 125 Å². The molecule has 2 heteroatoms. The lowest BCUT2D eigenvalue weighted by atomic mass is 9.60. The first-order valence-electron chi connectivity index (χ1n) is 11.5. The predicted octanol–water partition coefficient (Wildman–Crippen LogP) is 7.03. The quantitative estimate of drug-likeness (QED) is 0.551. The molecule has 0 saturated heterocycles. The lowest BCUT2D eigenvalue weighted by molar-refractivity contribution is 0.00578. The number of hydrogen-bond donors (Lipinski definition) is 0. The number of hydrogen-bond acceptors (Lipinski definition) is 1. The van der Waals surface area contributed by atoms with E-state index in [9.17, 15) is 4.39 Å². The number of benzene rings is 1. The van der Waals surface area contributed by atoms with Crippen molar-refractivity contribution in [2.45, 2.75) is 90.1 Å². The van der Waals surface area contributed by atoms with E-state index in [0.717, 1.165) is 41.4 Å². The maximum atomic E-state index is 14.4. The Morgan fingerprint density at radius 2 is 1.48 bits per heavy atom. The smallest absolute Gasteiger partial charge is 0.126 e. The molecule has 0 spiro atoms. The first-order valence-corrected chi connectivity index (χ1v) is 11.5. The van der Waals surface area contributed by atoms with Gasteiger partial charge in [0.2, 0.25) is 0 Å². The molecule has 0 amide bonds. The fraction of sp³-hybridized carbons (Fsp3) is 0.760. The summed E-state index contributed by atoms with van der Waals surface area (Å²) in [5.74, 6) is 4.10. The van der Waals surface area contributed by atoms with E-state index in [1.165, 1.54) is 64.2 Å². The van der Waals surface area contributed by atoms with Crippen LogP contribution in [0.25, 0.3) is 0 Å². The summed E-state index contributed by atoms with van der Waals surface area (Å²) in [4.78, 5) is 0. The average Bonchev–Trinajstić information content (AvgIpc) is 2.68. The van der Waals surface area contributed by atoms with E-state index in [1.807, 2.05) is 6.92 Å². The normalized spacial score (nSPS) is 37.0. The highest BCUT2D eigenvalue weighted by Gasteiger charge is 2.39. The van der Waals surface area contributed by atoms with E-state index in [0.29, 0.717) is 12.0 Å². The summed E-state index contributed by atoms with van der Waals surface area (Å²) in [6.45, 7) is 4.96. The zero-order chi connectivity index (χ0) is 18.8. The minimum atomic E-state index is 0.0261. The summed E-state index contributed by atoms with van der Waals surface area (Å²) in [5, 5.41) is 0. The van der Waals surface area contributed by atoms with Crippen molar-refractivity contribution in [1.29, 1.82) is 0 Å². The molecule has 3 saturated carbocycles. The second-order valence-electron chi connectivity index (χ2n) is 9.62. The molecule has 0 aromatic heterocycles. The fourth-order valence-corrected chi connectivity index (χ4v) is 6.56. The maximum absolute atomic E-state index is 14.4. The van der Waals surface area contributed by atoms with Gasteiger partial charge in [-0.1, -0.05) is 12.1 Å². The van der Waals surface area contributed by atoms with E-state index in [2.05, 4.69) is 19.1 Å². The highest BCUT2D eigenvalue weighted by molar-refractivity contribution is 5.27. The molecule has 4 atom stereocenters. The van der Waals surface area contributed by atoms with Crippen molar-refractivity contribution in [3.8, 4) is 0 Å². The van der Waals surface area contributed by atoms with E-state index in [1.54, 1.807) is 6.07 Å². The third-order valence-electron chi connectivity index (χ3n) is 8.04. The van der Waals surface area contributed by atoms with Gasteiger partial charge in [0, 0.05) is 6.61 Å². The van der Waals surface area contributed by atoms with Gasteiger partial charge >= 0.3 is 0 Å². The van der Waals surface area contributed by atoms with Gasteiger partial charge in [0.1, 0.15) is 5.82 Å². The standard InChI is InChI=1S/C25H37FO/c1-3-27-23-11-9-18(10-12-23)19-5-6-21-16-22(8-7-20(21)15-19)24-13-4-17(2)14-25(24)26/h4,13-14,18-23H,3,5-12,15-16H2,1-2H3. The Hall–Kier alpha value is -0.890. The molecule has 3 aliphatic rings. The van der Waals surface area contributed by atoms with Crippen LogP contribution >= 0.6 is 0 Å². The fourth-order valence-electron chi connectivity index (χ4n) is 6.56. The Morgan fingerprint density at radius 3 is 2.19 bits per heavy atom. The molecule has 3 aliphatic carbocycles. The minimum absolute atomic E-state index is 0.0261. The highest BCUT2D eigenvalue weighted by Crippen LogP contribution is 2.50. The number of rotatable bonds is 4. The van der Waals surface area contributed by atoms with Gasteiger partial charge in [-0.3, -0.25) is 0 Å². The van der Waals surface area contributed by atoms with Crippen LogP contribution in [0.5, 0.6) is 0 Å². The van der Waals surface area contributed by atoms with Gasteiger partial charge in [0.15, 0.2) is 0 Å². The Labute approximate surface area is 165 Å². The summed E-state index contributed by atoms with van der Waals surface area (Å²) < 4.78 is 20.3. The van der Waals surface area contributed by atoms with Crippen LogP contribution < -0.4 is 0 Å². The van der Waals surface area contributed by atoms with Crippen LogP contribution in [0.3, 0.4) is 0 Å². The van der Waals surface area contributed by atoms with E-state index in [-0.39, 0.29) is 5.82 Å². The molecule has 0 aliphatic heterocycles. The molecular formula is C25H37FO. The number of fused-ring (bicyclic) bond motifs is 1. The van der Waals surface area contributed by atoms with Gasteiger partial charge in [0.05, 0.1) is 6.10 Å². The molecule has 1 aromatic rings. The van der Waals surface area contributed by atoms with Crippen LogP contribution in [0.15, 0.2) is 18.2 Å². The van der Waals surface area contributed by atoms with Crippen LogP contribution in [0, 0.1) is 36.4 Å². The SMILES string of the molecule is CCOC1CCC(C2CCC3CC(c4ccc(C)cc4F)CCC3C2)CC1. The van der Waals surface area contributed by atoms with Crippen molar-refractivity contribution in [3.05, 3.63) is 35.1 Å². The first kappa shape index (κ1) is 19.4. The summed E-state index contributed by atoms with van der Waals surface area (Å²) in [6, 6.07) is 5.86. The lowest BCUT2D eigenvalue weighted by Gasteiger charge is -2.45. The monoisotopic (exact) mass is 372 g/mol. The Morgan fingerprint density at radius 1 is 0.852 bits per heavy atom. The number of aryl methyl sites for hydroxylation is 1. The van der Waals surface area contributed by atoms with Crippen LogP contribution in [0.4, 0.5) is 4.39 Å². The van der Waals surface area contributed by atoms with Crippen LogP contribution in [-0.4, -0.2) is 12.7 Å². The zero-order valence-electron chi connectivity index (χ0n) is 17.3. The first-order chi connectivity index (χ1) is 13.1. The van der Waals surface area contributed by atoms with Crippen LogP contribution in [0.2, 0.25) is 0 Å². The van der Waals surface area contributed by atoms with Crippen molar-refractivity contribution in [2.75, 3.05) is 6.61 Å². The topological polar surface area (TPSA) is 9.23 Å². The van der Waals surface area contributed by atoms with Gasteiger partial charge < -0.3 is 4.74 Å². The molecule has 0 N–H and O–H groups in total. The molecule has 1 aromatic carbocycles. The molecule has 4 rings (SSSR count). The molecule has 4 unspecified atom stereocenters. The largest absolute Gasteiger partial charge is 0.379 e. The van der Waals surface area contributed by atoms with Crippen molar-refractivity contribution in [2.24, 2.45) is 23.7 Å². The summed E-state index contributed by atoms with van der Waals surface area (Å²) in [5.41, 5.74) is 2.01. The lowest BCUT2D eigenvalue weighted by Crippen LogP contribution is -2.35. The second kappa shape index (κ2) is 8.64. The molecule has 27 heavy (non-hydrogen) atoms. The maximum Gasteiger partial charge on any atom is 0.126 e. The number of halogens is 1. The average molecular weight is 373 g/mol. The van der Waals surface area contributed by atoms with Crippen LogP contribution in [0.1, 0.15) is 88.2 Å². The molecule has 150 valence electrons. The van der Waals surface area contributed by atoms with Crippen molar-refractivity contribution in [3.63, 3.8) is 0 Å². The summed E-state index contributed by atoms with van der Waals surface area (Å²) >= 11 is 0. The van der Waals surface area contributed by atoms with E-state index >= 15 is 0 Å². The Bertz CT molecular complexity index is 619. The third kappa shape index (κ3) is 4.42. The number of ether oxygens (including phenoxy) is 1.